The van der Waals surface area contributed by atoms with Gasteiger partial charge in [-0.2, -0.15) is 0 Å². The molecule has 0 saturated heterocycles. The van der Waals surface area contributed by atoms with Gasteiger partial charge in [0, 0.05) is 35.9 Å². The maximum atomic E-state index is 9.39. The van der Waals surface area contributed by atoms with Crippen LogP contribution in [0.3, 0.4) is 0 Å². The van der Waals surface area contributed by atoms with Gasteiger partial charge < -0.3 is 15.3 Å². The zero-order valence-corrected chi connectivity index (χ0v) is 12.1. The van der Waals surface area contributed by atoms with Crippen molar-refractivity contribution in [3.8, 4) is 5.75 Å². The summed E-state index contributed by atoms with van der Waals surface area (Å²) in [5.74, 6) is 0.276. The number of hydrogen-bond donors (Lipinski definition) is 2. The van der Waals surface area contributed by atoms with E-state index in [1.807, 2.05) is 18.3 Å². The highest BCUT2D eigenvalue weighted by Crippen LogP contribution is 2.23. The Hall–Kier alpha value is -1.75. The highest BCUT2D eigenvalue weighted by molar-refractivity contribution is 7.15. The Bertz CT molecular complexity index is 523. The first kappa shape index (κ1) is 13.7. The van der Waals surface area contributed by atoms with Crippen LogP contribution in [0.1, 0.15) is 18.7 Å². The van der Waals surface area contributed by atoms with Crippen molar-refractivity contribution in [2.45, 2.75) is 20.4 Å². The van der Waals surface area contributed by atoms with Gasteiger partial charge in [0.15, 0.2) is 5.13 Å². The molecule has 0 aliphatic carbocycles. The van der Waals surface area contributed by atoms with Crippen molar-refractivity contribution in [2.24, 2.45) is 0 Å². The van der Waals surface area contributed by atoms with E-state index in [9.17, 15) is 5.11 Å². The van der Waals surface area contributed by atoms with Crippen LogP contribution in [0.5, 0.6) is 5.75 Å². The minimum atomic E-state index is 0.276. The van der Waals surface area contributed by atoms with Crippen LogP contribution >= 0.6 is 11.3 Å². The average molecular weight is 277 g/mol. The van der Waals surface area contributed by atoms with E-state index in [-0.39, 0.29) is 5.75 Å². The van der Waals surface area contributed by atoms with Gasteiger partial charge in [-0.3, -0.25) is 0 Å². The Morgan fingerprint density at radius 2 is 2.11 bits per heavy atom. The Balaban J connectivity index is 1.97. The molecular formula is C14H19N3OS. The van der Waals surface area contributed by atoms with Crippen LogP contribution < -0.4 is 10.2 Å². The number of benzene rings is 1. The molecule has 1 aromatic carbocycles. The van der Waals surface area contributed by atoms with E-state index in [1.54, 1.807) is 23.5 Å². The molecule has 1 aromatic heterocycles. The summed E-state index contributed by atoms with van der Waals surface area (Å²) in [5.41, 5.74) is 0.915. The Morgan fingerprint density at radius 3 is 2.79 bits per heavy atom. The third-order valence-electron chi connectivity index (χ3n) is 2.89. The molecule has 0 bridgehead atoms. The molecule has 0 unspecified atom stereocenters. The smallest absolute Gasteiger partial charge is 0.185 e. The van der Waals surface area contributed by atoms with Crippen molar-refractivity contribution in [2.75, 3.05) is 23.3 Å². The molecule has 0 aliphatic heterocycles. The van der Waals surface area contributed by atoms with E-state index in [1.165, 1.54) is 4.88 Å². The lowest BCUT2D eigenvalue weighted by molar-refractivity contribution is 0.475. The molecule has 1 heterocycles. The van der Waals surface area contributed by atoms with Gasteiger partial charge in [0.25, 0.3) is 0 Å². The van der Waals surface area contributed by atoms with Crippen LogP contribution in [0, 0.1) is 0 Å². The number of aromatic hydroxyl groups is 1. The summed E-state index contributed by atoms with van der Waals surface area (Å²) < 4.78 is 0. The number of hydrogen-bond acceptors (Lipinski definition) is 5. The molecule has 0 aliphatic rings. The molecule has 102 valence electrons. The maximum Gasteiger partial charge on any atom is 0.185 e. The molecule has 5 heteroatoms. The molecular weight excluding hydrogens is 258 g/mol. The topological polar surface area (TPSA) is 48.4 Å². The van der Waals surface area contributed by atoms with E-state index in [2.05, 4.69) is 29.0 Å². The van der Waals surface area contributed by atoms with Gasteiger partial charge in [-0.1, -0.05) is 6.07 Å². The van der Waals surface area contributed by atoms with E-state index < -0.39 is 0 Å². The van der Waals surface area contributed by atoms with E-state index in [0.29, 0.717) is 0 Å². The predicted octanol–water partition coefficient (Wildman–Crippen LogP) is 3.31. The number of phenolic OH excluding ortho intramolecular Hbond substituents is 1. The normalized spacial score (nSPS) is 10.4. The zero-order chi connectivity index (χ0) is 13.7. The third-order valence-corrected chi connectivity index (χ3v) is 3.95. The first-order chi connectivity index (χ1) is 9.22. The second-order valence-electron chi connectivity index (χ2n) is 4.19. The Labute approximate surface area is 117 Å². The van der Waals surface area contributed by atoms with Crippen LogP contribution in [0.15, 0.2) is 30.5 Å². The highest BCUT2D eigenvalue weighted by Gasteiger charge is 2.07. The molecule has 19 heavy (non-hydrogen) atoms. The fraction of sp³-hybridized carbons (Fsp3) is 0.357. The van der Waals surface area contributed by atoms with Gasteiger partial charge in [-0.15, -0.1) is 11.3 Å². The zero-order valence-electron chi connectivity index (χ0n) is 11.3. The predicted molar refractivity (Wildman–Crippen MR) is 81.1 cm³/mol. The van der Waals surface area contributed by atoms with Crippen molar-refractivity contribution in [1.82, 2.24) is 4.98 Å². The largest absolute Gasteiger partial charge is 0.508 e. The highest BCUT2D eigenvalue weighted by atomic mass is 32.1. The molecule has 0 atom stereocenters. The number of aromatic nitrogens is 1. The Kier molecular flexibility index (Phi) is 4.63. The molecule has 0 radical (unpaired) electrons. The van der Waals surface area contributed by atoms with Crippen molar-refractivity contribution < 1.29 is 5.11 Å². The first-order valence-electron chi connectivity index (χ1n) is 6.45. The summed E-state index contributed by atoms with van der Waals surface area (Å²) >= 11 is 1.70. The maximum absolute atomic E-state index is 9.39. The number of rotatable bonds is 6. The van der Waals surface area contributed by atoms with E-state index >= 15 is 0 Å². The molecule has 4 nitrogen and oxygen atoms in total. The van der Waals surface area contributed by atoms with Crippen LogP contribution in [-0.2, 0) is 6.54 Å². The SMILES string of the molecule is CCN(CC)c1ncc(CNc2cccc(O)c2)s1. The van der Waals surface area contributed by atoms with Crippen LogP contribution in [0.4, 0.5) is 10.8 Å². The summed E-state index contributed by atoms with van der Waals surface area (Å²) in [6, 6.07) is 7.14. The summed E-state index contributed by atoms with van der Waals surface area (Å²) in [6.07, 6.45) is 1.91. The quantitative estimate of drug-likeness (QED) is 0.850. The molecule has 2 N–H and O–H groups in total. The second kappa shape index (κ2) is 6.43. The fourth-order valence-corrected chi connectivity index (χ4v) is 2.80. The average Bonchev–Trinajstić information content (AvgIpc) is 2.87. The Morgan fingerprint density at radius 1 is 1.32 bits per heavy atom. The lowest BCUT2D eigenvalue weighted by Crippen LogP contribution is -2.21. The summed E-state index contributed by atoms with van der Waals surface area (Å²) in [7, 11) is 0. The molecule has 2 rings (SSSR count). The summed E-state index contributed by atoms with van der Waals surface area (Å²) in [6.45, 7) is 6.94. The fourth-order valence-electron chi connectivity index (χ4n) is 1.82. The standard InChI is InChI=1S/C14H19N3OS/c1-3-17(4-2)14-16-10-13(19-14)9-15-11-6-5-7-12(18)8-11/h5-8,10,15,18H,3-4,9H2,1-2H3. The summed E-state index contributed by atoms with van der Waals surface area (Å²) in [5, 5.41) is 13.7. The van der Waals surface area contributed by atoms with Crippen molar-refractivity contribution >= 4 is 22.2 Å². The minimum Gasteiger partial charge on any atom is -0.508 e. The van der Waals surface area contributed by atoms with Crippen LogP contribution in [0.25, 0.3) is 0 Å². The first-order valence-corrected chi connectivity index (χ1v) is 7.27. The van der Waals surface area contributed by atoms with Gasteiger partial charge in [-0.05, 0) is 26.0 Å². The van der Waals surface area contributed by atoms with Gasteiger partial charge in [0.05, 0.1) is 6.54 Å². The minimum absolute atomic E-state index is 0.276. The van der Waals surface area contributed by atoms with Crippen molar-refractivity contribution in [3.63, 3.8) is 0 Å². The van der Waals surface area contributed by atoms with Crippen molar-refractivity contribution in [1.29, 1.82) is 0 Å². The van der Waals surface area contributed by atoms with Gasteiger partial charge in [0.1, 0.15) is 5.75 Å². The van der Waals surface area contributed by atoms with Gasteiger partial charge in [-0.25, -0.2) is 4.98 Å². The molecule has 0 saturated carbocycles. The van der Waals surface area contributed by atoms with Crippen LogP contribution in [0.2, 0.25) is 0 Å². The number of anilines is 2. The molecule has 0 spiro atoms. The van der Waals surface area contributed by atoms with Gasteiger partial charge in [0.2, 0.25) is 0 Å². The number of phenols is 1. The molecule has 0 amide bonds. The third kappa shape index (κ3) is 3.61. The number of nitrogens with one attached hydrogen (secondary N) is 1. The number of thiazole rings is 1. The number of nitrogens with zero attached hydrogens (tertiary/aromatic N) is 2. The lowest BCUT2D eigenvalue weighted by Gasteiger charge is -2.16. The van der Waals surface area contributed by atoms with Crippen LogP contribution in [-0.4, -0.2) is 23.2 Å². The van der Waals surface area contributed by atoms with Gasteiger partial charge >= 0.3 is 0 Å². The molecule has 0 fully saturated rings. The second-order valence-corrected chi connectivity index (χ2v) is 5.28. The van der Waals surface area contributed by atoms with Crippen molar-refractivity contribution in [3.05, 3.63) is 35.3 Å². The molecule has 2 aromatic rings. The van der Waals surface area contributed by atoms with E-state index in [0.717, 1.165) is 30.5 Å². The lowest BCUT2D eigenvalue weighted by atomic mass is 10.3. The van der Waals surface area contributed by atoms with E-state index in [4.69, 9.17) is 0 Å². The monoisotopic (exact) mass is 277 g/mol. The summed E-state index contributed by atoms with van der Waals surface area (Å²) in [4.78, 5) is 7.87.